The van der Waals surface area contributed by atoms with Crippen LogP contribution in [-0.2, 0) is 16.2 Å². The summed E-state index contributed by atoms with van der Waals surface area (Å²) in [7, 11) is 0. The first-order chi connectivity index (χ1) is 32.2. The van der Waals surface area contributed by atoms with Crippen LogP contribution in [0.2, 0.25) is 0 Å². The molecule has 0 unspecified atom stereocenters. The molecule has 1 nitrogen and oxygen atoms in total. The van der Waals surface area contributed by atoms with Crippen LogP contribution in [-0.4, -0.2) is 0 Å². The van der Waals surface area contributed by atoms with Gasteiger partial charge in [0.1, 0.15) is 0 Å². The Bertz CT molecular complexity index is 3420. The lowest BCUT2D eigenvalue weighted by Crippen LogP contribution is -2.58. The van der Waals surface area contributed by atoms with Gasteiger partial charge in [-0.2, -0.15) is 0 Å². The Morgan fingerprint density at radius 3 is 1.68 bits per heavy atom. The first kappa shape index (κ1) is 39.0. The molecule has 9 aromatic rings. The fourth-order valence-electron chi connectivity index (χ4n) is 15.1. The van der Waals surface area contributed by atoms with Gasteiger partial charge in [-0.15, -0.1) is 11.3 Å². The van der Waals surface area contributed by atoms with Gasteiger partial charge in [0.2, 0.25) is 0 Å². The number of rotatable bonds is 5. The molecule has 66 heavy (non-hydrogen) atoms. The molecule has 1 spiro atoms. The minimum absolute atomic E-state index is 0.0935. The zero-order valence-electron chi connectivity index (χ0n) is 38.4. The molecule has 2 heteroatoms. The Labute approximate surface area is 393 Å². The van der Waals surface area contributed by atoms with Crippen LogP contribution in [0.25, 0.3) is 53.6 Å². The molecule has 15 rings (SSSR count). The molecule has 4 saturated carbocycles. The highest BCUT2D eigenvalue weighted by atomic mass is 32.1. The maximum absolute atomic E-state index is 2.63. The minimum atomic E-state index is -0.140. The van der Waals surface area contributed by atoms with Crippen LogP contribution >= 0.6 is 11.3 Å². The van der Waals surface area contributed by atoms with Crippen LogP contribution in [0.3, 0.4) is 0 Å². The van der Waals surface area contributed by atoms with Gasteiger partial charge >= 0.3 is 0 Å². The molecule has 0 saturated heterocycles. The van der Waals surface area contributed by atoms with E-state index in [0.717, 1.165) is 11.8 Å². The van der Waals surface area contributed by atoms with E-state index in [4.69, 9.17) is 0 Å². The number of fused-ring (bicyclic) bond motifs is 8. The largest absolute Gasteiger partial charge is 0.310 e. The van der Waals surface area contributed by atoms with Crippen molar-refractivity contribution in [2.45, 2.75) is 76.0 Å². The molecule has 1 heterocycles. The molecule has 4 fully saturated rings. The Morgan fingerprint density at radius 2 is 0.924 bits per heavy atom. The number of benzene rings is 8. The summed E-state index contributed by atoms with van der Waals surface area (Å²) in [6.45, 7) is 9.81. The van der Waals surface area contributed by atoms with Gasteiger partial charge in [0, 0.05) is 53.5 Å². The average Bonchev–Trinajstić information content (AvgIpc) is 3.83. The predicted molar refractivity (Wildman–Crippen MR) is 279 cm³/mol. The molecule has 0 radical (unpaired) electrons. The van der Waals surface area contributed by atoms with Crippen molar-refractivity contribution in [3.05, 3.63) is 209 Å². The monoisotopic (exact) mass is 869 g/mol. The lowest BCUT2D eigenvalue weighted by molar-refractivity contribution is -0.0443. The van der Waals surface area contributed by atoms with E-state index in [0.29, 0.717) is 11.8 Å². The van der Waals surface area contributed by atoms with E-state index in [2.05, 4.69) is 209 Å². The first-order valence-corrected chi connectivity index (χ1v) is 25.4. The van der Waals surface area contributed by atoms with E-state index in [-0.39, 0.29) is 16.2 Å². The van der Waals surface area contributed by atoms with Gasteiger partial charge in [0.15, 0.2) is 0 Å². The van der Waals surface area contributed by atoms with Crippen molar-refractivity contribution >= 4 is 48.6 Å². The zero-order valence-corrected chi connectivity index (χ0v) is 39.3. The Hall–Kier alpha value is -6.22. The van der Waals surface area contributed by atoms with Gasteiger partial charge in [-0.05, 0) is 171 Å². The van der Waals surface area contributed by atoms with Crippen LogP contribution in [0.15, 0.2) is 176 Å². The SMILES string of the molecule is CC1(C)c2ccccc2-c2ccc(N(c3ccc(-c4ccccc4-c4cccc5sc6ccccc6c45)cc3)c3ccc4c(c3)C(C)(C)c3ccccc3C43C4CC5CC(C4)CC3C5)cc21. The third-order valence-electron chi connectivity index (χ3n) is 17.7. The molecule has 6 aliphatic rings. The number of hydrogen-bond donors (Lipinski definition) is 0. The maximum Gasteiger partial charge on any atom is 0.0465 e. The Morgan fingerprint density at radius 1 is 0.394 bits per heavy atom. The summed E-state index contributed by atoms with van der Waals surface area (Å²) in [6.07, 6.45) is 7.01. The van der Waals surface area contributed by atoms with Crippen LogP contribution in [0.4, 0.5) is 17.1 Å². The summed E-state index contributed by atoms with van der Waals surface area (Å²) >= 11 is 1.89. The van der Waals surface area contributed by atoms with Crippen molar-refractivity contribution in [2.24, 2.45) is 23.7 Å². The first-order valence-electron chi connectivity index (χ1n) is 24.6. The van der Waals surface area contributed by atoms with E-state index in [1.54, 1.807) is 16.7 Å². The topological polar surface area (TPSA) is 3.24 Å². The summed E-state index contributed by atoms with van der Waals surface area (Å²) in [4.78, 5) is 2.56. The second kappa shape index (κ2) is 13.9. The van der Waals surface area contributed by atoms with Gasteiger partial charge in [-0.25, -0.2) is 0 Å². The molecule has 1 aromatic heterocycles. The second-order valence-electron chi connectivity index (χ2n) is 21.7. The minimum Gasteiger partial charge on any atom is -0.310 e. The fraction of sp³-hybridized carbons (Fsp3) is 0.250. The van der Waals surface area contributed by atoms with Crippen molar-refractivity contribution in [3.63, 3.8) is 0 Å². The van der Waals surface area contributed by atoms with Crippen LogP contribution < -0.4 is 4.90 Å². The van der Waals surface area contributed by atoms with Gasteiger partial charge in [-0.1, -0.05) is 155 Å². The lowest BCUT2D eigenvalue weighted by atomic mass is 9.39. The maximum atomic E-state index is 2.63. The summed E-state index contributed by atoms with van der Waals surface area (Å²) in [6, 6.07) is 67.9. The van der Waals surface area contributed by atoms with E-state index >= 15 is 0 Å². The van der Waals surface area contributed by atoms with E-state index < -0.39 is 0 Å². The zero-order chi connectivity index (χ0) is 44.1. The number of anilines is 3. The molecule has 0 N–H and O–H groups in total. The summed E-state index contributed by atoms with van der Waals surface area (Å²) in [5.74, 6) is 3.25. The molecular formula is C64H55NS. The second-order valence-corrected chi connectivity index (χ2v) is 22.8. The summed E-state index contributed by atoms with van der Waals surface area (Å²) in [5, 5.41) is 2.68. The van der Waals surface area contributed by atoms with Crippen molar-refractivity contribution in [1.29, 1.82) is 0 Å². The predicted octanol–water partition coefficient (Wildman–Crippen LogP) is 17.5. The number of hydrogen-bond acceptors (Lipinski definition) is 2. The number of thiophene rings is 1. The molecule has 322 valence electrons. The lowest BCUT2D eigenvalue weighted by Gasteiger charge is -2.64. The van der Waals surface area contributed by atoms with Gasteiger partial charge < -0.3 is 4.90 Å². The third kappa shape index (κ3) is 5.28. The van der Waals surface area contributed by atoms with Crippen LogP contribution in [0.1, 0.15) is 93.2 Å². The normalized spacial score (nSPS) is 23.5. The van der Waals surface area contributed by atoms with Gasteiger partial charge in [0.25, 0.3) is 0 Å². The van der Waals surface area contributed by atoms with Gasteiger partial charge in [0.05, 0.1) is 0 Å². The van der Waals surface area contributed by atoms with Crippen molar-refractivity contribution in [3.8, 4) is 33.4 Å². The van der Waals surface area contributed by atoms with Gasteiger partial charge in [-0.3, -0.25) is 0 Å². The van der Waals surface area contributed by atoms with E-state index in [9.17, 15) is 0 Å². The summed E-state index contributed by atoms with van der Waals surface area (Å²) < 4.78 is 2.67. The standard InChI is InChI=1S/C64H55NS/c1-62(2)53-19-9-7-16-49(53)50-30-28-45(37-57(50)62)65(44-26-24-41(25-27-44)47-14-5-6-15-48(47)51-18-13-23-60-61(51)52-17-8-12-22-59(52)66-60)46-29-31-56-58(38-46)63(3,4)54-20-10-11-21-55(54)64(56)42-33-39-32-40(35-42)36-43(64)34-39/h5-31,37-40,42-43H,32-36H2,1-4H3. The van der Waals surface area contributed by atoms with Crippen molar-refractivity contribution in [2.75, 3.05) is 4.90 Å². The van der Waals surface area contributed by atoms with E-state index in [1.807, 2.05) is 11.3 Å². The molecule has 4 bridgehead atoms. The molecule has 8 aromatic carbocycles. The quantitative estimate of drug-likeness (QED) is 0.167. The summed E-state index contributed by atoms with van der Waals surface area (Å²) in [5.41, 5.74) is 20.3. The molecular weight excluding hydrogens is 815 g/mol. The van der Waals surface area contributed by atoms with E-state index in [1.165, 1.54) is 119 Å². The average molecular weight is 870 g/mol. The highest BCUT2D eigenvalue weighted by Gasteiger charge is 2.62. The fourth-order valence-corrected chi connectivity index (χ4v) is 16.2. The van der Waals surface area contributed by atoms with Crippen LogP contribution in [0.5, 0.6) is 0 Å². The Balaban J connectivity index is 0.940. The van der Waals surface area contributed by atoms with Crippen molar-refractivity contribution in [1.82, 2.24) is 0 Å². The van der Waals surface area contributed by atoms with Crippen LogP contribution in [0, 0.1) is 23.7 Å². The number of nitrogens with zero attached hydrogens (tertiary/aromatic N) is 1. The molecule has 0 atom stereocenters. The molecule has 0 amide bonds. The highest BCUT2D eigenvalue weighted by Crippen LogP contribution is 2.69. The molecule has 6 aliphatic carbocycles. The van der Waals surface area contributed by atoms with Crippen molar-refractivity contribution < 1.29 is 0 Å². The Kier molecular flexibility index (Phi) is 8.22. The highest BCUT2D eigenvalue weighted by molar-refractivity contribution is 7.25. The molecule has 0 aliphatic heterocycles. The third-order valence-corrected chi connectivity index (χ3v) is 18.9. The smallest absolute Gasteiger partial charge is 0.0465 e.